The van der Waals surface area contributed by atoms with Crippen molar-refractivity contribution in [2.45, 2.75) is 6.61 Å². The number of hydrogen-bond donors (Lipinski definition) is 3. The number of hydrogen-bond acceptors (Lipinski definition) is 5. The molecule has 0 aliphatic heterocycles. The van der Waals surface area contributed by atoms with E-state index >= 15 is 0 Å². The number of nitrogens with one attached hydrogen (secondary N) is 1. The third-order valence-electron chi connectivity index (χ3n) is 3.74. The van der Waals surface area contributed by atoms with Crippen LogP contribution < -0.4 is 10.2 Å². The zero-order valence-electron chi connectivity index (χ0n) is 14.7. The van der Waals surface area contributed by atoms with Crippen molar-refractivity contribution in [3.63, 3.8) is 0 Å². The van der Waals surface area contributed by atoms with Gasteiger partial charge in [0.15, 0.2) is 0 Å². The van der Waals surface area contributed by atoms with Gasteiger partial charge in [-0.2, -0.15) is 5.10 Å². The van der Waals surface area contributed by atoms with Gasteiger partial charge >= 0.3 is 0 Å². The molecule has 0 heterocycles. The van der Waals surface area contributed by atoms with Gasteiger partial charge in [0.2, 0.25) is 0 Å². The van der Waals surface area contributed by atoms with Crippen molar-refractivity contribution in [1.82, 2.24) is 5.43 Å². The fraction of sp³-hybridized carbons (Fsp3) is 0.0476. The summed E-state index contributed by atoms with van der Waals surface area (Å²) in [6.07, 6.45) is 1.45. The minimum atomic E-state index is -0.570. The monoisotopic (exact) mass is 396 g/mol. The van der Waals surface area contributed by atoms with Crippen LogP contribution in [0.5, 0.6) is 17.2 Å². The van der Waals surface area contributed by atoms with Crippen LogP contribution >= 0.6 is 11.6 Å². The van der Waals surface area contributed by atoms with Gasteiger partial charge in [0.05, 0.1) is 6.21 Å². The maximum atomic E-state index is 12.1. The van der Waals surface area contributed by atoms with Gasteiger partial charge in [0.25, 0.3) is 5.91 Å². The van der Waals surface area contributed by atoms with E-state index in [-0.39, 0.29) is 17.1 Å². The van der Waals surface area contributed by atoms with Crippen LogP contribution in [-0.2, 0) is 6.61 Å². The van der Waals surface area contributed by atoms with E-state index in [9.17, 15) is 15.0 Å². The number of ether oxygens (including phenoxy) is 1. The Labute approximate surface area is 166 Å². The summed E-state index contributed by atoms with van der Waals surface area (Å²) >= 11 is 5.98. The zero-order chi connectivity index (χ0) is 19.9. The average Bonchev–Trinajstić information content (AvgIpc) is 2.66. The number of benzene rings is 3. The summed E-state index contributed by atoms with van der Waals surface area (Å²) in [6.45, 7) is 0.334. The molecule has 0 unspecified atom stereocenters. The molecule has 0 spiro atoms. The lowest BCUT2D eigenvalue weighted by atomic mass is 10.2. The molecule has 0 saturated heterocycles. The number of phenols is 2. The first-order chi connectivity index (χ1) is 13.5. The summed E-state index contributed by atoms with van der Waals surface area (Å²) < 4.78 is 5.82. The number of rotatable bonds is 6. The lowest BCUT2D eigenvalue weighted by molar-refractivity contribution is 0.0954. The number of carbonyl (C=O) groups excluding carboxylic acids is 1. The normalized spacial score (nSPS) is 10.8. The van der Waals surface area contributed by atoms with E-state index in [1.807, 2.05) is 30.3 Å². The zero-order valence-corrected chi connectivity index (χ0v) is 15.4. The SMILES string of the molecule is O=C(NN=Cc1ccccc1OCc1cccc(Cl)c1)c1cc(O)cc(O)c1. The molecule has 3 aromatic rings. The molecule has 0 fully saturated rings. The van der Waals surface area contributed by atoms with Gasteiger partial charge in [-0.05, 0) is 42.0 Å². The van der Waals surface area contributed by atoms with E-state index in [2.05, 4.69) is 10.5 Å². The molecule has 142 valence electrons. The van der Waals surface area contributed by atoms with Gasteiger partial charge in [-0.1, -0.05) is 35.9 Å². The van der Waals surface area contributed by atoms with Gasteiger partial charge in [0, 0.05) is 22.2 Å². The molecule has 1 amide bonds. The van der Waals surface area contributed by atoms with Gasteiger partial charge in [0.1, 0.15) is 23.9 Å². The molecule has 6 nitrogen and oxygen atoms in total. The first-order valence-corrected chi connectivity index (χ1v) is 8.72. The Bertz CT molecular complexity index is 1000. The molecule has 0 atom stereocenters. The molecule has 0 radical (unpaired) electrons. The van der Waals surface area contributed by atoms with E-state index in [0.29, 0.717) is 22.9 Å². The first-order valence-electron chi connectivity index (χ1n) is 8.34. The van der Waals surface area contributed by atoms with E-state index < -0.39 is 5.91 Å². The van der Waals surface area contributed by atoms with Crippen LogP contribution in [0, 0.1) is 0 Å². The minimum Gasteiger partial charge on any atom is -0.508 e. The lowest BCUT2D eigenvalue weighted by Gasteiger charge is -2.09. The van der Waals surface area contributed by atoms with Gasteiger partial charge < -0.3 is 14.9 Å². The molecule has 0 aromatic heterocycles. The Kier molecular flexibility index (Phi) is 6.14. The van der Waals surface area contributed by atoms with Gasteiger partial charge in [-0.25, -0.2) is 5.43 Å². The molecule has 28 heavy (non-hydrogen) atoms. The fourth-order valence-corrected chi connectivity index (χ4v) is 2.67. The molecule has 3 N–H and O–H groups in total. The Balaban J connectivity index is 1.66. The lowest BCUT2D eigenvalue weighted by Crippen LogP contribution is -2.17. The number of phenolic OH excluding ortho intramolecular Hbond substituents is 2. The van der Waals surface area contributed by atoms with Crippen LogP contribution in [0.15, 0.2) is 71.8 Å². The highest BCUT2D eigenvalue weighted by molar-refractivity contribution is 6.30. The van der Waals surface area contributed by atoms with E-state index in [1.165, 1.54) is 18.3 Å². The molecule has 3 aromatic carbocycles. The number of amides is 1. The Morgan fingerprint density at radius 1 is 1.04 bits per heavy atom. The maximum Gasteiger partial charge on any atom is 0.271 e. The third-order valence-corrected chi connectivity index (χ3v) is 3.97. The fourth-order valence-electron chi connectivity index (χ4n) is 2.46. The van der Waals surface area contributed by atoms with Crippen molar-refractivity contribution in [2.24, 2.45) is 5.10 Å². The van der Waals surface area contributed by atoms with Crippen LogP contribution in [0.25, 0.3) is 0 Å². The number of para-hydroxylation sites is 1. The molecular weight excluding hydrogens is 380 g/mol. The van der Waals surface area contributed by atoms with Crippen LogP contribution in [0.1, 0.15) is 21.5 Å². The summed E-state index contributed by atoms with van der Waals surface area (Å²) in [5, 5.41) is 23.5. The number of carbonyl (C=O) groups is 1. The number of nitrogens with zero attached hydrogens (tertiary/aromatic N) is 1. The number of halogens is 1. The Morgan fingerprint density at radius 2 is 1.79 bits per heavy atom. The summed E-state index contributed by atoms with van der Waals surface area (Å²) in [5.41, 5.74) is 4.03. The van der Waals surface area contributed by atoms with Crippen LogP contribution in [0.2, 0.25) is 5.02 Å². The Hall–Kier alpha value is -3.51. The molecule has 0 aliphatic carbocycles. The molecular formula is C21H17ClN2O4. The van der Waals surface area contributed by atoms with Crippen LogP contribution in [0.4, 0.5) is 0 Å². The van der Waals surface area contributed by atoms with Crippen molar-refractivity contribution in [2.75, 3.05) is 0 Å². The number of hydrazone groups is 1. The molecule has 7 heteroatoms. The predicted octanol–water partition coefficient (Wildman–Crippen LogP) is 4.09. The van der Waals surface area contributed by atoms with Crippen LogP contribution in [-0.4, -0.2) is 22.3 Å². The quantitative estimate of drug-likeness (QED) is 0.432. The minimum absolute atomic E-state index is 0.0835. The summed E-state index contributed by atoms with van der Waals surface area (Å²) in [7, 11) is 0. The third kappa shape index (κ3) is 5.25. The summed E-state index contributed by atoms with van der Waals surface area (Å²) in [6, 6.07) is 18.2. The van der Waals surface area contributed by atoms with Crippen molar-refractivity contribution in [3.8, 4) is 17.2 Å². The summed E-state index contributed by atoms with van der Waals surface area (Å²) in [5.74, 6) is -0.405. The van der Waals surface area contributed by atoms with Gasteiger partial charge in [-0.15, -0.1) is 0 Å². The molecule has 0 aliphatic rings. The largest absolute Gasteiger partial charge is 0.508 e. The topological polar surface area (TPSA) is 91.2 Å². The molecule has 0 bridgehead atoms. The second-order valence-corrected chi connectivity index (χ2v) is 6.33. The van der Waals surface area contributed by atoms with E-state index in [4.69, 9.17) is 16.3 Å². The highest BCUT2D eigenvalue weighted by Crippen LogP contribution is 2.21. The van der Waals surface area contributed by atoms with Gasteiger partial charge in [-0.3, -0.25) is 4.79 Å². The number of aromatic hydroxyl groups is 2. The smallest absolute Gasteiger partial charge is 0.271 e. The highest BCUT2D eigenvalue weighted by Gasteiger charge is 2.08. The summed E-state index contributed by atoms with van der Waals surface area (Å²) in [4.78, 5) is 12.1. The molecule has 0 saturated carbocycles. The second kappa shape index (κ2) is 8.92. The van der Waals surface area contributed by atoms with Crippen molar-refractivity contribution in [3.05, 3.63) is 88.4 Å². The van der Waals surface area contributed by atoms with Crippen molar-refractivity contribution < 1.29 is 19.7 Å². The standard InChI is InChI=1S/C21H17ClN2O4/c22-17-6-3-4-14(8-17)13-28-20-7-2-1-5-15(20)12-23-24-21(27)16-9-18(25)11-19(26)10-16/h1-12,25-26H,13H2,(H,24,27). The average molecular weight is 397 g/mol. The van der Waals surface area contributed by atoms with E-state index in [0.717, 1.165) is 11.6 Å². The van der Waals surface area contributed by atoms with Crippen molar-refractivity contribution in [1.29, 1.82) is 0 Å². The first kappa shape index (κ1) is 19.3. The van der Waals surface area contributed by atoms with Crippen LogP contribution in [0.3, 0.4) is 0 Å². The maximum absolute atomic E-state index is 12.1. The molecule has 3 rings (SSSR count). The van der Waals surface area contributed by atoms with Crippen molar-refractivity contribution >= 4 is 23.7 Å². The Morgan fingerprint density at radius 3 is 2.54 bits per heavy atom. The van der Waals surface area contributed by atoms with E-state index in [1.54, 1.807) is 18.2 Å². The highest BCUT2D eigenvalue weighted by atomic mass is 35.5. The predicted molar refractivity (Wildman–Crippen MR) is 107 cm³/mol. The second-order valence-electron chi connectivity index (χ2n) is 5.89.